The lowest BCUT2D eigenvalue weighted by molar-refractivity contribution is -0.306. The van der Waals surface area contributed by atoms with Crippen molar-refractivity contribution in [1.82, 2.24) is 4.72 Å². The molecule has 0 bridgehead atoms. The number of rotatable bonds is 6. The van der Waals surface area contributed by atoms with E-state index in [1.807, 2.05) is 0 Å². The first-order chi connectivity index (χ1) is 10.3. The summed E-state index contributed by atoms with van der Waals surface area (Å²) in [5.74, 6) is -3.99. The van der Waals surface area contributed by atoms with Crippen LogP contribution in [0.2, 0.25) is 0 Å². The van der Waals surface area contributed by atoms with Gasteiger partial charge in [0.25, 0.3) is 0 Å². The summed E-state index contributed by atoms with van der Waals surface area (Å²) in [7, 11) is -4.28. The Balaban J connectivity index is 2.31. The van der Waals surface area contributed by atoms with Crippen molar-refractivity contribution in [2.45, 2.75) is 17.4 Å². The second-order valence-corrected chi connectivity index (χ2v) is 6.06. The molecule has 1 N–H and O–H groups in total. The third-order valence-electron chi connectivity index (χ3n) is 2.76. The van der Waals surface area contributed by atoms with Crippen LogP contribution < -0.4 is 9.83 Å². The van der Waals surface area contributed by atoms with Gasteiger partial charge in [0.15, 0.2) is 11.6 Å². The van der Waals surface area contributed by atoms with E-state index in [4.69, 9.17) is 4.42 Å². The maximum absolute atomic E-state index is 13.1. The van der Waals surface area contributed by atoms with Crippen LogP contribution >= 0.6 is 0 Å². The molecular weight excluding hydrogens is 320 g/mol. The molecule has 0 saturated heterocycles. The second kappa shape index (κ2) is 6.24. The molecule has 118 valence electrons. The topological polar surface area (TPSA) is 99.4 Å². The minimum absolute atomic E-state index is 0.0513. The fourth-order valence-corrected chi connectivity index (χ4v) is 2.97. The number of halogens is 2. The largest absolute Gasteiger partial charge is 0.550 e. The standard InChI is InChI=1S/C13H11F2NO5S/c14-9-4-3-8(6-10(9)15)22(19,20)16-11(7-13(17)18)12-2-1-5-21-12/h1-6,11,16H,7H2,(H,17,18)/p-1. The average molecular weight is 330 g/mol. The normalized spacial score (nSPS) is 13.0. The highest BCUT2D eigenvalue weighted by atomic mass is 32.2. The molecule has 22 heavy (non-hydrogen) atoms. The van der Waals surface area contributed by atoms with E-state index in [0.717, 1.165) is 6.07 Å². The van der Waals surface area contributed by atoms with Gasteiger partial charge >= 0.3 is 0 Å². The number of benzene rings is 1. The number of carbonyl (C=O) groups excluding carboxylic acids is 1. The first-order valence-electron chi connectivity index (χ1n) is 6.00. The molecule has 1 unspecified atom stereocenters. The zero-order valence-corrected chi connectivity index (χ0v) is 11.8. The number of hydrogen-bond acceptors (Lipinski definition) is 5. The number of carbonyl (C=O) groups is 1. The SMILES string of the molecule is O=C([O-])CC(NS(=O)(=O)c1ccc(F)c(F)c1)c1ccco1. The van der Waals surface area contributed by atoms with Crippen LogP contribution in [0.3, 0.4) is 0 Å². The van der Waals surface area contributed by atoms with Crippen molar-refractivity contribution in [2.24, 2.45) is 0 Å². The molecule has 0 fully saturated rings. The molecule has 0 amide bonds. The van der Waals surface area contributed by atoms with E-state index in [0.29, 0.717) is 12.1 Å². The van der Waals surface area contributed by atoms with E-state index in [1.165, 1.54) is 18.4 Å². The van der Waals surface area contributed by atoms with Crippen molar-refractivity contribution >= 4 is 16.0 Å². The van der Waals surface area contributed by atoms with Crippen molar-refractivity contribution in [3.8, 4) is 0 Å². The highest BCUT2D eigenvalue weighted by Crippen LogP contribution is 2.21. The van der Waals surface area contributed by atoms with E-state index < -0.39 is 45.0 Å². The van der Waals surface area contributed by atoms with E-state index in [-0.39, 0.29) is 5.76 Å². The Morgan fingerprint density at radius 1 is 1.27 bits per heavy atom. The number of carboxylic acid groups (broad SMARTS) is 1. The van der Waals surface area contributed by atoms with Crippen molar-refractivity contribution in [3.63, 3.8) is 0 Å². The molecule has 1 aromatic carbocycles. The van der Waals surface area contributed by atoms with Crippen LogP contribution in [0.15, 0.2) is 45.9 Å². The highest BCUT2D eigenvalue weighted by molar-refractivity contribution is 7.89. The molecule has 0 spiro atoms. The summed E-state index contributed by atoms with van der Waals surface area (Å²) in [6, 6.07) is 3.60. The van der Waals surface area contributed by atoms with Gasteiger partial charge in [0.2, 0.25) is 10.0 Å². The molecule has 0 aliphatic rings. The molecule has 6 nitrogen and oxygen atoms in total. The van der Waals surface area contributed by atoms with Gasteiger partial charge in [-0.05, 0) is 30.3 Å². The van der Waals surface area contributed by atoms with Gasteiger partial charge in [0, 0.05) is 12.4 Å². The Morgan fingerprint density at radius 3 is 2.55 bits per heavy atom. The van der Waals surface area contributed by atoms with Gasteiger partial charge in [0.05, 0.1) is 17.2 Å². The number of aliphatic carboxylic acids is 1. The Labute approximate surface area is 124 Å². The lowest BCUT2D eigenvalue weighted by Gasteiger charge is -2.17. The van der Waals surface area contributed by atoms with Crippen LogP contribution in [-0.2, 0) is 14.8 Å². The van der Waals surface area contributed by atoms with Crippen LogP contribution in [0.5, 0.6) is 0 Å². The minimum Gasteiger partial charge on any atom is -0.550 e. The molecule has 1 atom stereocenters. The van der Waals surface area contributed by atoms with Gasteiger partial charge in [0.1, 0.15) is 5.76 Å². The lowest BCUT2D eigenvalue weighted by atomic mass is 10.2. The molecule has 1 heterocycles. The van der Waals surface area contributed by atoms with Crippen LogP contribution in [0.1, 0.15) is 18.2 Å². The third kappa shape index (κ3) is 3.68. The molecule has 0 radical (unpaired) electrons. The van der Waals surface area contributed by atoms with Gasteiger partial charge < -0.3 is 14.3 Å². The molecule has 0 aliphatic carbocycles. The zero-order valence-electron chi connectivity index (χ0n) is 11.0. The van der Waals surface area contributed by atoms with E-state index >= 15 is 0 Å². The van der Waals surface area contributed by atoms with E-state index in [9.17, 15) is 27.1 Å². The van der Waals surface area contributed by atoms with Crippen LogP contribution in [0.25, 0.3) is 0 Å². The highest BCUT2D eigenvalue weighted by Gasteiger charge is 2.24. The number of sulfonamides is 1. The maximum Gasteiger partial charge on any atom is 0.241 e. The first kappa shape index (κ1) is 16.1. The fourth-order valence-electron chi connectivity index (χ4n) is 1.76. The smallest absolute Gasteiger partial charge is 0.241 e. The number of hydrogen-bond donors (Lipinski definition) is 1. The Morgan fingerprint density at radius 2 is 2.00 bits per heavy atom. The lowest BCUT2D eigenvalue weighted by Crippen LogP contribution is -2.34. The van der Waals surface area contributed by atoms with Crippen LogP contribution in [-0.4, -0.2) is 14.4 Å². The summed E-state index contributed by atoms with van der Waals surface area (Å²) in [6.45, 7) is 0. The molecule has 1 aromatic heterocycles. The molecule has 9 heteroatoms. The maximum atomic E-state index is 13.1. The van der Waals surface area contributed by atoms with Crippen LogP contribution in [0, 0.1) is 11.6 Å². The Hall–Kier alpha value is -2.26. The van der Waals surface area contributed by atoms with Crippen molar-refractivity contribution in [2.75, 3.05) is 0 Å². The van der Waals surface area contributed by atoms with E-state index in [1.54, 1.807) is 0 Å². The van der Waals surface area contributed by atoms with Gasteiger partial charge in [-0.2, -0.15) is 0 Å². The Bertz CT molecular complexity index is 774. The summed E-state index contributed by atoms with van der Waals surface area (Å²) in [5.41, 5.74) is 0. The average Bonchev–Trinajstić information content (AvgIpc) is 2.94. The third-order valence-corrected chi connectivity index (χ3v) is 4.23. The first-order valence-corrected chi connectivity index (χ1v) is 7.48. The zero-order chi connectivity index (χ0) is 16.3. The molecule has 2 aromatic rings. The summed E-state index contributed by atoms with van der Waals surface area (Å²) in [5, 5.41) is 10.7. The Kier molecular flexibility index (Phi) is 4.57. The van der Waals surface area contributed by atoms with E-state index in [2.05, 4.69) is 4.72 Å². The summed E-state index contributed by atoms with van der Waals surface area (Å²) < 4.78 is 57.3. The van der Waals surface area contributed by atoms with Gasteiger partial charge in [-0.15, -0.1) is 0 Å². The summed E-state index contributed by atoms with van der Waals surface area (Å²) >= 11 is 0. The predicted molar refractivity (Wildman–Crippen MR) is 67.8 cm³/mol. The quantitative estimate of drug-likeness (QED) is 0.841. The predicted octanol–water partition coefficient (Wildman–Crippen LogP) is 0.717. The minimum atomic E-state index is -4.28. The molecule has 0 aliphatic heterocycles. The van der Waals surface area contributed by atoms with Gasteiger partial charge in [-0.3, -0.25) is 0 Å². The van der Waals surface area contributed by atoms with Gasteiger partial charge in [-0.1, -0.05) is 0 Å². The molecular formula is C13H10F2NO5S-. The second-order valence-electron chi connectivity index (χ2n) is 4.34. The summed E-state index contributed by atoms with van der Waals surface area (Å²) in [6.07, 6.45) is 0.555. The number of carboxylic acids is 1. The van der Waals surface area contributed by atoms with Crippen molar-refractivity contribution < 1.29 is 31.5 Å². The molecule has 2 rings (SSSR count). The van der Waals surface area contributed by atoms with Crippen LogP contribution in [0.4, 0.5) is 8.78 Å². The summed E-state index contributed by atoms with van der Waals surface area (Å²) in [4.78, 5) is 10.2. The van der Waals surface area contributed by atoms with Gasteiger partial charge in [-0.25, -0.2) is 21.9 Å². The van der Waals surface area contributed by atoms with Crippen molar-refractivity contribution in [3.05, 3.63) is 54.0 Å². The molecule has 0 saturated carbocycles. The number of furan rings is 1. The van der Waals surface area contributed by atoms with Crippen molar-refractivity contribution in [1.29, 1.82) is 0 Å². The fraction of sp³-hybridized carbons (Fsp3) is 0.154. The monoisotopic (exact) mass is 330 g/mol. The number of nitrogens with one attached hydrogen (secondary N) is 1.